The van der Waals surface area contributed by atoms with Gasteiger partial charge in [0.15, 0.2) is 5.96 Å². The summed E-state index contributed by atoms with van der Waals surface area (Å²) >= 11 is 0. The van der Waals surface area contributed by atoms with Gasteiger partial charge in [0.05, 0.1) is 13.2 Å². The quantitative estimate of drug-likeness (QED) is 0.448. The van der Waals surface area contributed by atoms with Gasteiger partial charge in [-0.05, 0) is 18.2 Å². The number of aryl methyl sites for hydroxylation is 1. The number of hydrogen-bond acceptors (Lipinski definition) is 4. The molecule has 0 aliphatic rings. The average Bonchev–Trinajstić information content (AvgIpc) is 3.01. The summed E-state index contributed by atoms with van der Waals surface area (Å²) in [7, 11) is 7.49. The van der Waals surface area contributed by atoms with Crippen molar-refractivity contribution in [1.82, 2.24) is 19.8 Å². The summed E-state index contributed by atoms with van der Waals surface area (Å²) in [4.78, 5) is 10.7. The zero-order valence-corrected chi connectivity index (χ0v) is 15.4. The van der Waals surface area contributed by atoms with E-state index in [1.165, 1.54) is 5.69 Å². The number of hydrogen-bond donors (Lipinski definition) is 1. The molecular formula is C18H27N5O2. The van der Waals surface area contributed by atoms with Gasteiger partial charge in [0.2, 0.25) is 5.88 Å². The molecule has 1 N–H and O–H groups in total. The van der Waals surface area contributed by atoms with Gasteiger partial charge in [-0.15, -0.1) is 0 Å². The van der Waals surface area contributed by atoms with Crippen molar-refractivity contribution in [1.29, 1.82) is 0 Å². The first kappa shape index (κ1) is 18.8. The standard InChI is InChI=1S/C18H27N5O2/c1-19-18(23(3)14-16-8-6-10-22(16)2)21-13-15-7-5-9-20-17(15)25-12-11-24-4/h5-10H,11-14H2,1-4H3,(H,19,21). The number of ether oxygens (including phenoxy) is 2. The first-order chi connectivity index (χ1) is 12.2. The Bertz CT molecular complexity index is 684. The largest absolute Gasteiger partial charge is 0.475 e. The molecule has 0 aliphatic heterocycles. The van der Waals surface area contributed by atoms with Gasteiger partial charge in [0, 0.05) is 58.4 Å². The van der Waals surface area contributed by atoms with Crippen molar-refractivity contribution in [3.63, 3.8) is 0 Å². The fourth-order valence-corrected chi connectivity index (χ4v) is 2.45. The van der Waals surface area contributed by atoms with E-state index in [-0.39, 0.29) is 0 Å². The third kappa shape index (κ3) is 5.49. The summed E-state index contributed by atoms with van der Waals surface area (Å²) in [6.07, 6.45) is 3.76. The van der Waals surface area contributed by atoms with Crippen molar-refractivity contribution < 1.29 is 9.47 Å². The summed E-state index contributed by atoms with van der Waals surface area (Å²) < 4.78 is 12.8. The van der Waals surface area contributed by atoms with Crippen LogP contribution in [0.3, 0.4) is 0 Å². The molecule has 0 aromatic carbocycles. The molecular weight excluding hydrogens is 318 g/mol. The Morgan fingerprint density at radius 3 is 2.84 bits per heavy atom. The van der Waals surface area contributed by atoms with E-state index in [9.17, 15) is 0 Å². The minimum atomic E-state index is 0.475. The van der Waals surface area contributed by atoms with Crippen molar-refractivity contribution >= 4 is 5.96 Å². The third-order valence-electron chi connectivity index (χ3n) is 3.84. The van der Waals surface area contributed by atoms with Gasteiger partial charge >= 0.3 is 0 Å². The Morgan fingerprint density at radius 1 is 1.32 bits per heavy atom. The van der Waals surface area contributed by atoms with E-state index in [4.69, 9.17) is 9.47 Å². The number of nitrogens with one attached hydrogen (secondary N) is 1. The summed E-state index contributed by atoms with van der Waals surface area (Å²) in [5.41, 5.74) is 2.20. The Labute approximate surface area is 149 Å². The first-order valence-electron chi connectivity index (χ1n) is 8.23. The topological polar surface area (TPSA) is 63.9 Å². The maximum atomic E-state index is 5.67. The van der Waals surface area contributed by atoms with Crippen LogP contribution in [-0.2, 0) is 24.9 Å². The molecule has 2 heterocycles. The molecule has 0 unspecified atom stereocenters. The molecule has 2 aromatic heterocycles. The van der Waals surface area contributed by atoms with Crippen molar-refractivity contribution in [2.24, 2.45) is 12.0 Å². The molecule has 0 radical (unpaired) electrons. The van der Waals surface area contributed by atoms with Gasteiger partial charge in [-0.2, -0.15) is 0 Å². The average molecular weight is 345 g/mol. The molecule has 2 rings (SSSR count). The molecule has 0 saturated heterocycles. The zero-order chi connectivity index (χ0) is 18.1. The molecule has 0 spiro atoms. The van der Waals surface area contributed by atoms with Crippen LogP contribution in [0, 0.1) is 0 Å². The van der Waals surface area contributed by atoms with Crippen LogP contribution < -0.4 is 10.1 Å². The number of guanidine groups is 1. The van der Waals surface area contributed by atoms with Crippen LogP contribution in [0.1, 0.15) is 11.3 Å². The minimum Gasteiger partial charge on any atom is -0.475 e. The van der Waals surface area contributed by atoms with Crippen LogP contribution in [0.4, 0.5) is 0 Å². The van der Waals surface area contributed by atoms with Crippen molar-refractivity contribution in [3.05, 3.63) is 47.9 Å². The van der Waals surface area contributed by atoms with Crippen molar-refractivity contribution in [3.8, 4) is 5.88 Å². The molecule has 7 heteroatoms. The number of pyridine rings is 1. The second-order valence-corrected chi connectivity index (χ2v) is 5.68. The van der Waals surface area contributed by atoms with Gasteiger partial charge in [0.25, 0.3) is 0 Å². The first-order valence-corrected chi connectivity index (χ1v) is 8.23. The maximum absolute atomic E-state index is 5.67. The highest BCUT2D eigenvalue weighted by Gasteiger charge is 2.10. The second kappa shape index (κ2) is 9.68. The summed E-state index contributed by atoms with van der Waals surface area (Å²) in [5, 5.41) is 3.36. The Morgan fingerprint density at radius 2 is 2.16 bits per heavy atom. The molecule has 0 aliphatic carbocycles. The van der Waals surface area contributed by atoms with Gasteiger partial charge in [-0.25, -0.2) is 4.98 Å². The van der Waals surface area contributed by atoms with Crippen LogP contribution in [0.25, 0.3) is 0 Å². The van der Waals surface area contributed by atoms with Gasteiger partial charge in [-0.3, -0.25) is 4.99 Å². The van der Waals surface area contributed by atoms with E-state index in [2.05, 4.69) is 30.8 Å². The Balaban J connectivity index is 1.95. The summed E-state index contributed by atoms with van der Waals surface area (Å²) in [6.45, 7) is 2.36. The lowest BCUT2D eigenvalue weighted by Crippen LogP contribution is -2.38. The van der Waals surface area contributed by atoms with Crippen LogP contribution in [-0.4, -0.2) is 54.8 Å². The molecule has 0 amide bonds. The number of aliphatic imine (C=N–C) groups is 1. The van der Waals surface area contributed by atoms with E-state index >= 15 is 0 Å². The molecule has 0 bridgehead atoms. The number of methoxy groups -OCH3 is 1. The highest BCUT2D eigenvalue weighted by molar-refractivity contribution is 5.79. The fraction of sp³-hybridized carbons (Fsp3) is 0.444. The van der Waals surface area contributed by atoms with Crippen molar-refractivity contribution in [2.45, 2.75) is 13.1 Å². The summed E-state index contributed by atoms with van der Waals surface area (Å²) in [6, 6.07) is 8.04. The predicted molar refractivity (Wildman–Crippen MR) is 98.7 cm³/mol. The van der Waals surface area contributed by atoms with E-state index in [0.29, 0.717) is 25.6 Å². The number of aromatic nitrogens is 2. The zero-order valence-electron chi connectivity index (χ0n) is 15.4. The molecule has 0 saturated carbocycles. The predicted octanol–water partition coefficient (Wildman–Crippen LogP) is 1.65. The molecule has 0 atom stereocenters. The minimum absolute atomic E-state index is 0.475. The smallest absolute Gasteiger partial charge is 0.218 e. The van der Waals surface area contributed by atoms with E-state index < -0.39 is 0 Å². The SMILES string of the molecule is CN=C(NCc1cccnc1OCCOC)N(C)Cc1cccn1C. The Kier molecular flexibility index (Phi) is 7.28. The fourth-order valence-electron chi connectivity index (χ4n) is 2.45. The van der Waals surface area contributed by atoms with Gasteiger partial charge < -0.3 is 24.3 Å². The van der Waals surface area contributed by atoms with Gasteiger partial charge in [-0.1, -0.05) is 6.07 Å². The molecule has 0 fully saturated rings. The van der Waals surface area contributed by atoms with Gasteiger partial charge in [0.1, 0.15) is 6.61 Å². The number of rotatable bonds is 8. The highest BCUT2D eigenvalue weighted by Crippen LogP contribution is 2.14. The van der Waals surface area contributed by atoms with E-state index in [1.807, 2.05) is 38.5 Å². The third-order valence-corrected chi connectivity index (χ3v) is 3.84. The molecule has 2 aromatic rings. The lowest BCUT2D eigenvalue weighted by molar-refractivity contribution is 0.143. The lowest BCUT2D eigenvalue weighted by atomic mass is 10.2. The number of nitrogens with zero attached hydrogens (tertiary/aromatic N) is 4. The van der Waals surface area contributed by atoms with Crippen LogP contribution in [0.5, 0.6) is 5.88 Å². The summed E-state index contributed by atoms with van der Waals surface area (Å²) in [5.74, 6) is 1.43. The normalized spacial score (nSPS) is 11.4. The van der Waals surface area contributed by atoms with Crippen LogP contribution in [0.2, 0.25) is 0 Å². The Hall–Kier alpha value is -2.54. The van der Waals surface area contributed by atoms with E-state index in [0.717, 1.165) is 18.1 Å². The van der Waals surface area contributed by atoms with E-state index in [1.54, 1.807) is 20.4 Å². The molecule has 136 valence electrons. The van der Waals surface area contributed by atoms with Crippen LogP contribution >= 0.6 is 0 Å². The van der Waals surface area contributed by atoms with Crippen LogP contribution in [0.15, 0.2) is 41.7 Å². The van der Waals surface area contributed by atoms with Crippen molar-refractivity contribution in [2.75, 3.05) is 34.4 Å². The molecule has 25 heavy (non-hydrogen) atoms. The molecule has 7 nitrogen and oxygen atoms in total. The highest BCUT2D eigenvalue weighted by atomic mass is 16.5. The second-order valence-electron chi connectivity index (χ2n) is 5.68. The maximum Gasteiger partial charge on any atom is 0.218 e. The lowest BCUT2D eigenvalue weighted by Gasteiger charge is -2.22. The monoisotopic (exact) mass is 345 g/mol.